The van der Waals surface area contributed by atoms with E-state index >= 15 is 0 Å². The highest BCUT2D eigenvalue weighted by Crippen LogP contribution is 2.51. The first-order valence-corrected chi connectivity index (χ1v) is 4.99. The number of nitrogens with zero attached hydrogens (tertiary/aromatic N) is 1. The van der Waals surface area contributed by atoms with Crippen molar-refractivity contribution in [2.75, 3.05) is 5.32 Å². The monoisotopic (exact) mass is 264 g/mol. The fraction of sp³-hybridized carbons (Fsp3) is 0.400. The lowest BCUT2D eigenvalue weighted by Gasteiger charge is -2.21. The van der Waals surface area contributed by atoms with Crippen molar-refractivity contribution in [2.45, 2.75) is 24.6 Å². The summed E-state index contributed by atoms with van der Waals surface area (Å²) in [7, 11) is 0. The van der Waals surface area contributed by atoms with Crippen molar-refractivity contribution in [3.8, 4) is 0 Å². The van der Waals surface area contributed by atoms with Gasteiger partial charge in [-0.05, 0) is 18.9 Å². The Morgan fingerprint density at radius 3 is 2.50 bits per heavy atom. The van der Waals surface area contributed by atoms with Crippen molar-refractivity contribution in [1.82, 2.24) is 4.98 Å². The zero-order chi connectivity index (χ0) is 13.6. The number of carbonyl (C=O) groups is 1. The molecule has 18 heavy (non-hydrogen) atoms. The predicted molar refractivity (Wildman–Crippen MR) is 52.8 cm³/mol. The summed E-state index contributed by atoms with van der Waals surface area (Å²) in [5.41, 5.74) is -2.90. The summed E-state index contributed by atoms with van der Waals surface area (Å²) in [6.45, 7) is 0. The van der Waals surface area contributed by atoms with Gasteiger partial charge in [0.1, 0.15) is 11.1 Å². The zero-order valence-electron chi connectivity index (χ0n) is 8.88. The van der Waals surface area contributed by atoms with Crippen LogP contribution in [0.3, 0.4) is 0 Å². The standard InChI is InChI=1S/C10H8F4N2O2/c11-6-5(8(17)18)1-4-15-7(6)16-9(2-3-9)10(12,13)14/h1,4H,2-3H2,(H,15,16)(H,17,18). The topological polar surface area (TPSA) is 62.2 Å². The number of halogens is 4. The van der Waals surface area contributed by atoms with E-state index in [9.17, 15) is 22.4 Å². The van der Waals surface area contributed by atoms with Crippen molar-refractivity contribution in [2.24, 2.45) is 0 Å². The molecule has 4 nitrogen and oxygen atoms in total. The third-order valence-corrected chi connectivity index (χ3v) is 2.77. The van der Waals surface area contributed by atoms with E-state index in [0.717, 1.165) is 12.3 Å². The van der Waals surface area contributed by atoms with E-state index in [4.69, 9.17) is 5.11 Å². The number of carboxylic acids is 1. The van der Waals surface area contributed by atoms with E-state index in [1.54, 1.807) is 0 Å². The van der Waals surface area contributed by atoms with E-state index in [1.807, 2.05) is 5.32 Å². The fourth-order valence-corrected chi connectivity index (χ4v) is 1.53. The van der Waals surface area contributed by atoms with Gasteiger partial charge in [-0.2, -0.15) is 13.2 Å². The molecule has 0 aromatic carbocycles. The Labute approximate surface area is 98.6 Å². The number of rotatable bonds is 3. The third-order valence-electron chi connectivity index (χ3n) is 2.77. The third kappa shape index (κ3) is 1.98. The number of aromatic carboxylic acids is 1. The van der Waals surface area contributed by atoms with Gasteiger partial charge in [0.15, 0.2) is 11.6 Å². The maximum atomic E-state index is 13.6. The van der Waals surface area contributed by atoms with E-state index < -0.39 is 34.9 Å². The molecule has 1 aliphatic rings. The quantitative estimate of drug-likeness (QED) is 0.823. The number of hydrogen-bond donors (Lipinski definition) is 2. The fourth-order valence-electron chi connectivity index (χ4n) is 1.53. The Kier molecular flexibility index (Phi) is 2.67. The number of pyridine rings is 1. The van der Waals surface area contributed by atoms with Gasteiger partial charge < -0.3 is 10.4 Å². The van der Waals surface area contributed by atoms with Crippen molar-refractivity contribution >= 4 is 11.8 Å². The molecule has 1 saturated carbocycles. The Morgan fingerprint density at radius 1 is 1.44 bits per heavy atom. The van der Waals surface area contributed by atoms with Gasteiger partial charge in [0.2, 0.25) is 0 Å². The van der Waals surface area contributed by atoms with Crippen LogP contribution in [-0.2, 0) is 0 Å². The van der Waals surface area contributed by atoms with Crippen LogP contribution in [0.1, 0.15) is 23.2 Å². The molecule has 1 aliphatic carbocycles. The number of alkyl halides is 3. The van der Waals surface area contributed by atoms with Crippen LogP contribution in [0.5, 0.6) is 0 Å². The highest BCUT2D eigenvalue weighted by molar-refractivity contribution is 5.88. The van der Waals surface area contributed by atoms with Crippen molar-refractivity contribution < 1.29 is 27.5 Å². The minimum Gasteiger partial charge on any atom is -0.478 e. The van der Waals surface area contributed by atoms with Crippen molar-refractivity contribution in [1.29, 1.82) is 0 Å². The molecule has 1 aromatic heterocycles. The maximum Gasteiger partial charge on any atom is 0.411 e. The Bertz CT molecular complexity index is 497. The molecule has 2 N–H and O–H groups in total. The van der Waals surface area contributed by atoms with Crippen LogP contribution in [-0.4, -0.2) is 27.8 Å². The second-order valence-electron chi connectivity index (χ2n) is 4.03. The van der Waals surface area contributed by atoms with E-state index in [1.165, 1.54) is 0 Å². The summed E-state index contributed by atoms with van der Waals surface area (Å²) >= 11 is 0. The number of anilines is 1. The van der Waals surface area contributed by atoms with Gasteiger partial charge in [0.25, 0.3) is 0 Å². The molecule has 0 spiro atoms. The van der Waals surface area contributed by atoms with Gasteiger partial charge in [-0.3, -0.25) is 0 Å². The van der Waals surface area contributed by atoms with E-state index in [2.05, 4.69) is 4.98 Å². The molecule has 0 bridgehead atoms. The van der Waals surface area contributed by atoms with Gasteiger partial charge in [-0.15, -0.1) is 0 Å². The summed E-state index contributed by atoms with van der Waals surface area (Å²) in [6.07, 6.45) is -3.95. The number of aromatic nitrogens is 1. The molecule has 98 valence electrons. The van der Waals surface area contributed by atoms with Crippen LogP contribution >= 0.6 is 0 Å². The Morgan fingerprint density at radius 2 is 2.06 bits per heavy atom. The second kappa shape index (κ2) is 3.82. The van der Waals surface area contributed by atoms with Gasteiger partial charge >= 0.3 is 12.1 Å². The van der Waals surface area contributed by atoms with Crippen LogP contribution in [0.25, 0.3) is 0 Å². The average Bonchev–Trinajstić information content (AvgIpc) is 3.01. The second-order valence-corrected chi connectivity index (χ2v) is 4.03. The molecule has 2 rings (SSSR count). The first-order valence-electron chi connectivity index (χ1n) is 4.99. The average molecular weight is 264 g/mol. The minimum atomic E-state index is -4.53. The summed E-state index contributed by atoms with van der Waals surface area (Å²) < 4.78 is 51.5. The van der Waals surface area contributed by atoms with E-state index in [-0.39, 0.29) is 12.8 Å². The van der Waals surface area contributed by atoms with Crippen LogP contribution < -0.4 is 5.32 Å². The summed E-state index contributed by atoms with van der Waals surface area (Å²) in [6, 6.07) is 0.885. The lowest BCUT2D eigenvalue weighted by Crippen LogP contribution is -2.39. The first-order chi connectivity index (χ1) is 8.27. The maximum absolute atomic E-state index is 13.6. The number of nitrogens with one attached hydrogen (secondary N) is 1. The Hall–Kier alpha value is -1.86. The van der Waals surface area contributed by atoms with Crippen LogP contribution in [0.2, 0.25) is 0 Å². The molecule has 1 heterocycles. The molecule has 8 heteroatoms. The molecule has 0 atom stereocenters. The highest BCUT2D eigenvalue weighted by atomic mass is 19.4. The lowest BCUT2D eigenvalue weighted by molar-refractivity contribution is -0.151. The summed E-state index contributed by atoms with van der Waals surface area (Å²) in [5, 5.41) is 10.6. The van der Waals surface area contributed by atoms with Crippen LogP contribution in [0.15, 0.2) is 12.3 Å². The molecular weight excluding hydrogens is 256 g/mol. The van der Waals surface area contributed by atoms with Crippen molar-refractivity contribution in [3.05, 3.63) is 23.6 Å². The highest BCUT2D eigenvalue weighted by Gasteiger charge is 2.64. The molecule has 0 radical (unpaired) electrons. The zero-order valence-corrected chi connectivity index (χ0v) is 8.88. The lowest BCUT2D eigenvalue weighted by atomic mass is 10.2. The minimum absolute atomic E-state index is 0.186. The van der Waals surface area contributed by atoms with Gasteiger partial charge in [0.05, 0.1) is 0 Å². The molecule has 0 unspecified atom stereocenters. The van der Waals surface area contributed by atoms with Crippen LogP contribution in [0.4, 0.5) is 23.4 Å². The molecule has 0 amide bonds. The largest absolute Gasteiger partial charge is 0.478 e. The molecule has 0 aliphatic heterocycles. The SMILES string of the molecule is O=C(O)c1ccnc(NC2(C(F)(F)F)CC2)c1F. The molecular formula is C10H8F4N2O2. The first kappa shape index (κ1) is 12.6. The summed E-state index contributed by atoms with van der Waals surface area (Å²) in [5.74, 6) is -3.54. The van der Waals surface area contributed by atoms with Crippen molar-refractivity contribution in [3.63, 3.8) is 0 Å². The molecule has 1 aromatic rings. The normalized spacial score (nSPS) is 17.3. The predicted octanol–water partition coefficient (Wildman–Crippen LogP) is 2.43. The number of hydrogen-bond acceptors (Lipinski definition) is 3. The molecule has 0 saturated heterocycles. The number of carboxylic acid groups (broad SMARTS) is 1. The molecule has 1 fully saturated rings. The van der Waals surface area contributed by atoms with E-state index in [0.29, 0.717) is 0 Å². The van der Waals surface area contributed by atoms with Gasteiger partial charge in [-0.25, -0.2) is 14.2 Å². The smallest absolute Gasteiger partial charge is 0.411 e. The van der Waals surface area contributed by atoms with Crippen LogP contribution in [0, 0.1) is 5.82 Å². The van der Waals surface area contributed by atoms with Gasteiger partial charge in [-0.1, -0.05) is 0 Å². The summed E-state index contributed by atoms with van der Waals surface area (Å²) in [4.78, 5) is 14.0. The Balaban J connectivity index is 2.31. The van der Waals surface area contributed by atoms with Gasteiger partial charge in [0, 0.05) is 6.20 Å².